The average Bonchev–Trinajstić information content (AvgIpc) is 3.38. The summed E-state index contributed by atoms with van der Waals surface area (Å²) in [5.41, 5.74) is 1.20. The summed E-state index contributed by atoms with van der Waals surface area (Å²) in [6.07, 6.45) is 4.49. The smallest absolute Gasteiger partial charge is 0.289 e. The molecule has 0 bridgehead atoms. The molecule has 0 N–H and O–H groups in total. The molecule has 4 rings (SSSR count). The van der Waals surface area contributed by atoms with E-state index in [0.29, 0.717) is 25.3 Å². The van der Waals surface area contributed by atoms with Gasteiger partial charge in [-0.1, -0.05) is 30.3 Å². The zero-order chi connectivity index (χ0) is 18.7. The predicted molar refractivity (Wildman–Crippen MR) is 106 cm³/mol. The van der Waals surface area contributed by atoms with Crippen LogP contribution in [0.1, 0.15) is 35.4 Å². The molecule has 142 valence electrons. The normalized spacial score (nSPS) is 18.8. The van der Waals surface area contributed by atoms with Gasteiger partial charge in [0.05, 0.1) is 11.1 Å². The third-order valence-electron chi connectivity index (χ3n) is 5.51. The fourth-order valence-electron chi connectivity index (χ4n) is 4.02. The Kier molecular flexibility index (Phi) is 5.25. The average molecular weight is 385 g/mol. The van der Waals surface area contributed by atoms with Crippen molar-refractivity contribution in [3.63, 3.8) is 0 Å². The Morgan fingerprint density at radius 1 is 1.04 bits per heavy atom. The second-order valence-electron chi connectivity index (χ2n) is 7.10. The number of likely N-dealkylation sites (tertiary alicyclic amines) is 1. The van der Waals surface area contributed by atoms with Crippen molar-refractivity contribution in [1.82, 2.24) is 9.80 Å². The van der Waals surface area contributed by atoms with Gasteiger partial charge in [0, 0.05) is 31.8 Å². The van der Waals surface area contributed by atoms with Crippen LogP contribution in [0.3, 0.4) is 0 Å². The number of aryl methyl sites for hydroxylation is 1. The molecule has 0 saturated carbocycles. The number of hydrogen-bond acceptors (Lipinski definition) is 4. The molecule has 6 heteroatoms. The Bertz CT molecular complexity index is 783. The van der Waals surface area contributed by atoms with Crippen LogP contribution in [0.15, 0.2) is 53.1 Å². The minimum Gasteiger partial charge on any atom is -0.459 e. The van der Waals surface area contributed by atoms with Crippen LogP contribution in [0.2, 0.25) is 0 Å². The number of piperidine rings is 1. The van der Waals surface area contributed by atoms with Crippen LogP contribution in [-0.2, 0) is 11.2 Å². The van der Waals surface area contributed by atoms with Crippen molar-refractivity contribution in [3.8, 4) is 0 Å². The highest BCUT2D eigenvalue weighted by Crippen LogP contribution is 2.44. The molecule has 3 heterocycles. The van der Waals surface area contributed by atoms with Crippen LogP contribution in [-0.4, -0.2) is 51.9 Å². The molecule has 2 saturated heterocycles. The molecular formula is C21H24N2O3S. The van der Waals surface area contributed by atoms with Crippen molar-refractivity contribution in [2.45, 2.75) is 30.6 Å². The maximum Gasteiger partial charge on any atom is 0.289 e. The van der Waals surface area contributed by atoms with E-state index in [2.05, 4.69) is 17.0 Å². The van der Waals surface area contributed by atoms with Crippen molar-refractivity contribution in [2.75, 3.05) is 25.4 Å². The minimum atomic E-state index is -0.145. The molecule has 2 amide bonds. The highest BCUT2D eigenvalue weighted by molar-refractivity contribution is 8.00. The molecule has 0 radical (unpaired) electrons. The SMILES string of the molecule is O=C(c1ccco1)N1CCC2(CC1)SCCN2C(=O)CCc1ccccc1. The highest BCUT2D eigenvalue weighted by Gasteiger charge is 2.46. The number of carbonyl (C=O) groups is 2. The summed E-state index contributed by atoms with van der Waals surface area (Å²) in [6, 6.07) is 13.6. The first-order valence-corrected chi connectivity index (χ1v) is 10.5. The van der Waals surface area contributed by atoms with Crippen LogP contribution < -0.4 is 0 Å². The van der Waals surface area contributed by atoms with Gasteiger partial charge in [-0.05, 0) is 37.0 Å². The summed E-state index contributed by atoms with van der Waals surface area (Å²) >= 11 is 1.88. The monoisotopic (exact) mass is 384 g/mol. The number of hydrogen-bond donors (Lipinski definition) is 0. The second-order valence-corrected chi connectivity index (χ2v) is 8.55. The number of carbonyl (C=O) groups excluding carboxylic acids is 2. The molecule has 1 spiro atoms. The lowest BCUT2D eigenvalue weighted by Gasteiger charge is -2.44. The lowest BCUT2D eigenvalue weighted by molar-refractivity contribution is -0.134. The van der Waals surface area contributed by atoms with E-state index in [1.54, 1.807) is 12.1 Å². The molecule has 2 fully saturated rings. The van der Waals surface area contributed by atoms with E-state index in [9.17, 15) is 9.59 Å². The first kappa shape index (κ1) is 18.2. The maximum atomic E-state index is 12.9. The first-order chi connectivity index (χ1) is 13.2. The molecule has 0 aliphatic carbocycles. The van der Waals surface area contributed by atoms with Gasteiger partial charge in [-0.15, -0.1) is 11.8 Å². The number of amides is 2. The maximum absolute atomic E-state index is 12.9. The third-order valence-corrected chi connectivity index (χ3v) is 7.07. The summed E-state index contributed by atoms with van der Waals surface area (Å²) < 4.78 is 5.24. The van der Waals surface area contributed by atoms with Gasteiger partial charge in [0.2, 0.25) is 5.91 Å². The Labute approximate surface area is 163 Å². The van der Waals surface area contributed by atoms with Crippen molar-refractivity contribution in [1.29, 1.82) is 0 Å². The Hall–Kier alpha value is -2.21. The minimum absolute atomic E-state index is 0.0557. The van der Waals surface area contributed by atoms with E-state index in [1.165, 1.54) is 11.8 Å². The molecule has 1 aromatic heterocycles. The van der Waals surface area contributed by atoms with Crippen LogP contribution in [0, 0.1) is 0 Å². The Morgan fingerprint density at radius 2 is 1.81 bits per heavy atom. The van der Waals surface area contributed by atoms with Crippen LogP contribution in [0.5, 0.6) is 0 Å². The molecule has 2 aromatic rings. The van der Waals surface area contributed by atoms with Gasteiger partial charge in [0.1, 0.15) is 0 Å². The second kappa shape index (κ2) is 7.80. The number of furan rings is 1. The van der Waals surface area contributed by atoms with Crippen molar-refractivity contribution < 1.29 is 14.0 Å². The molecular weight excluding hydrogens is 360 g/mol. The third kappa shape index (κ3) is 3.76. The van der Waals surface area contributed by atoms with Gasteiger partial charge < -0.3 is 14.2 Å². The number of benzene rings is 1. The summed E-state index contributed by atoms with van der Waals surface area (Å²) in [5, 5.41) is 0. The fourth-order valence-corrected chi connectivity index (χ4v) is 5.50. The fraction of sp³-hybridized carbons (Fsp3) is 0.429. The molecule has 27 heavy (non-hydrogen) atoms. The molecule has 2 aliphatic heterocycles. The zero-order valence-corrected chi connectivity index (χ0v) is 16.1. The van der Waals surface area contributed by atoms with E-state index in [1.807, 2.05) is 34.9 Å². The van der Waals surface area contributed by atoms with Gasteiger partial charge in [0.15, 0.2) is 5.76 Å². The summed E-state index contributed by atoms with van der Waals surface area (Å²) in [4.78, 5) is 29.2. The van der Waals surface area contributed by atoms with Gasteiger partial charge in [-0.2, -0.15) is 0 Å². The molecule has 5 nitrogen and oxygen atoms in total. The first-order valence-electron chi connectivity index (χ1n) is 9.49. The Balaban J connectivity index is 1.36. The zero-order valence-electron chi connectivity index (χ0n) is 15.3. The number of thioether (sulfide) groups is 1. The summed E-state index contributed by atoms with van der Waals surface area (Å²) in [7, 11) is 0. The van der Waals surface area contributed by atoms with Gasteiger partial charge in [0.25, 0.3) is 5.91 Å². The van der Waals surface area contributed by atoms with Gasteiger partial charge in [-0.3, -0.25) is 9.59 Å². The quantitative estimate of drug-likeness (QED) is 0.811. The van der Waals surface area contributed by atoms with Crippen molar-refractivity contribution in [3.05, 3.63) is 60.1 Å². The van der Waals surface area contributed by atoms with Crippen molar-refractivity contribution in [2.24, 2.45) is 0 Å². The van der Waals surface area contributed by atoms with Crippen LogP contribution in [0.4, 0.5) is 0 Å². The topological polar surface area (TPSA) is 53.8 Å². The molecule has 1 aromatic carbocycles. The lowest BCUT2D eigenvalue weighted by atomic mass is 10.0. The molecule has 0 atom stereocenters. The van der Waals surface area contributed by atoms with E-state index in [-0.39, 0.29) is 16.7 Å². The largest absolute Gasteiger partial charge is 0.459 e. The van der Waals surface area contributed by atoms with E-state index in [4.69, 9.17) is 4.42 Å². The van der Waals surface area contributed by atoms with Gasteiger partial charge >= 0.3 is 0 Å². The van der Waals surface area contributed by atoms with E-state index >= 15 is 0 Å². The van der Waals surface area contributed by atoms with Crippen LogP contribution >= 0.6 is 11.8 Å². The van der Waals surface area contributed by atoms with Gasteiger partial charge in [-0.25, -0.2) is 0 Å². The lowest BCUT2D eigenvalue weighted by Crippen LogP contribution is -2.53. The van der Waals surface area contributed by atoms with E-state index in [0.717, 1.165) is 31.6 Å². The standard InChI is InChI=1S/C21H24N2O3S/c24-19(9-8-17-5-2-1-3-6-17)23-14-16-27-21(23)10-12-22(13-11-21)20(25)18-7-4-15-26-18/h1-7,15H,8-14,16H2. The molecule has 2 aliphatic rings. The summed E-state index contributed by atoms with van der Waals surface area (Å²) in [5.74, 6) is 1.54. The van der Waals surface area contributed by atoms with E-state index < -0.39 is 0 Å². The number of rotatable bonds is 4. The molecule has 0 unspecified atom stereocenters. The summed E-state index contributed by atoms with van der Waals surface area (Å²) in [6.45, 7) is 2.13. The highest BCUT2D eigenvalue weighted by atomic mass is 32.2. The van der Waals surface area contributed by atoms with Crippen molar-refractivity contribution >= 4 is 23.6 Å². The Morgan fingerprint density at radius 3 is 2.52 bits per heavy atom. The predicted octanol–water partition coefficient (Wildman–Crippen LogP) is 3.42. The van der Waals surface area contributed by atoms with Crippen LogP contribution in [0.25, 0.3) is 0 Å². The number of nitrogens with zero attached hydrogens (tertiary/aromatic N) is 2.